The Morgan fingerprint density at radius 3 is 2.78 bits per heavy atom. The fraction of sp³-hybridized carbons (Fsp3) is 0.300. The summed E-state index contributed by atoms with van der Waals surface area (Å²) in [5.41, 5.74) is 0.925. The van der Waals surface area contributed by atoms with E-state index in [4.69, 9.17) is 9.47 Å². The lowest BCUT2D eigenvalue weighted by molar-refractivity contribution is 0.352. The molecule has 0 saturated carbocycles. The molecule has 1 aromatic heterocycles. The maximum absolute atomic E-state index is 5.34. The standard InChI is InChI=1S/C10H12BrN5O2/c1-17-8-4-7(11)3-6(9(8)18-2)5-12-10-13-15-16-14-10/h3-4H,5H2,1-2H3,(H2,12,13,14,15,16). The van der Waals surface area contributed by atoms with E-state index in [-0.39, 0.29) is 0 Å². The molecule has 7 nitrogen and oxygen atoms in total. The molecule has 96 valence electrons. The van der Waals surface area contributed by atoms with Gasteiger partial charge in [-0.1, -0.05) is 21.0 Å². The predicted molar refractivity (Wildman–Crippen MR) is 68.8 cm³/mol. The molecule has 0 aliphatic rings. The number of rotatable bonds is 5. The van der Waals surface area contributed by atoms with Crippen LogP contribution in [-0.2, 0) is 6.54 Å². The van der Waals surface area contributed by atoms with Gasteiger partial charge in [-0.05, 0) is 17.3 Å². The molecule has 0 aliphatic carbocycles. The highest BCUT2D eigenvalue weighted by atomic mass is 79.9. The van der Waals surface area contributed by atoms with E-state index in [1.54, 1.807) is 14.2 Å². The second-order valence-corrected chi connectivity index (χ2v) is 4.31. The lowest BCUT2D eigenvalue weighted by atomic mass is 10.2. The number of hydrogen-bond acceptors (Lipinski definition) is 6. The SMILES string of the molecule is COc1cc(Br)cc(CNc2nn[nH]n2)c1OC. The van der Waals surface area contributed by atoms with Gasteiger partial charge in [0, 0.05) is 16.6 Å². The summed E-state index contributed by atoms with van der Waals surface area (Å²) in [7, 11) is 3.20. The van der Waals surface area contributed by atoms with Crippen molar-refractivity contribution in [3.63, 3.8) is 0 Å². The Bertz CT molecular complexity index is 517. The Kier molecular flexibility index (Phi) is 3.98. The molecule has 0 bridgehead atoms. The molecule has 0 spiro atoms. The molecule has 2 N–H and O–H groups in total. The largest absolute Gasteiger partial charge is 0.493 e. The molecule has 0 fully saturated rings. The minimum absolute atomic E-state index is 0.427. The van der Waals surface area contributed by atoms with Crippen LogP contribution >= 0.6 is 15.9 Å². The van der Waals surface area contributed by atoms with Gasteiger partial charge in [0.1, 0.15) is 0 Å². The van der Waals surface area contributed by atoms with Crippen molar-refractivity contribution >= 4 is 21.9 Å². The number of tetrazole rings is 1. The number of aromatic amines is 1. The zero-order chi connectivity index (χ0) is 13.0. The Labute approximate surface area is 112 Å². The molecular formula is C10H12BrN5O2. The van der Waals surface area contributed by atoms with Crippen LogP contribution in [0.2, 0.25) is 0 Å². The lowest BCUT2D eigenvalue weighted by Gasteiger charge is -2.13. The zero-order valence-corrected chi connectivity index (χ0v) is 11.5. The number of benzene rings is 1. The molecule has 0 atom stereocenters. The van der Waals surface area contributed by atoms with Gasteiger partial charge >= 0.3 is 0 Å². The van der Waals surface area contributed by atoms with Crippen molar-refractivity contribution in [2.24, 2.45) is 0 Å². The van der Waals surface area contributed by atoms with E-state index in [0.29, 0.717) is 24.0 Å². The molecule has 8 heteroatoms. The highest BCUT2D eigenvalue weighted by Gasteiger charge is 2.12. The third-order valence-electron chi connectivity index (χ3n) is 2.30. The highest BCUT2D eigenvalue weighted by molar-refractivity contribution is 9.10. The van der Waals surface area contributed by atoms with Gasteiger partial charge < -0.3 is 14.8 Å². The molecule has 2 aromatic rings. The van der Waals surface area contributed by atoms with Gasteiger partial charge in [-0.3, -0.25) is 0 Å². The summed E-state index contributed by atoms with van der Waals surface area (Å²) in [5, 5.41) is 16.5. The van der Waals surface area contributed by atoms with Crippen LogP contribution in [0.15, 0.2) is 16.6 Å². The summed E-state index contributed by atoms with van der Waals surface area (Å²) in [6.45, 7) is 0.499. The van der Waals surface area contributed by atoms with Crippen LogP contribution in [0.3, 0.4) is 0 Å². The van der Waals surface area contributed by atoms with E-state index < -0.39 is 0 Å². The summed E-state index contributed by atoms with van der Waals surface area (Å²) in [6.07, 6.45) is 0. The Morgan fingerprint density at radius 1 is 1.33 bits per heavy atom. The monoisotopic (exact) mass is 313 g/mol. The fourth-order valence-corrected chi connectivity index (χ4v) is 2.03. The van der Waals surface area contributed by atoms with Crippen LogP contribution in [0, 0.1) is 0 Å². The van der Waals surface area contributed by atoms with E-state index in [2.05, 4.69) is 41.9 Å². The Balaban J connectivity index is 2.23. The number of aromatic nitrogens is 4. The number of nitrogens with zero attached hydrogens (tertiary/aromatic N) is 3. The van der Waals surface area contributed by atoms with Gasteiger partial charge in [-0.15, -0.1) is 5.10 Å². The summed E-state index contributed by atoms with van der Waals surface area (Å²) in [4.78, 5) is 0. The highest BCUT2D eigenvalue weighted by Crippen LogP contribution is 2.34. The molecule has 0 saturated heterocycles. The zero-order valence-electron chi connectivity index (χ0n) is 9.90. The van der Waals surface area contributed by atoms with E-state index in [0.717, 1.165) is 10.0 Å². The van der Waals surface area contributed by atoms with Crippen LogP contribution < -0.4 is 14.8 Å². The predicted octanol–water partition coefficient (Wildman–Crippen LogP) is 1.59. The Hall–Kier alpha value is -1.83. The smallest absolute Gasteiger partial charge is 0.263 e. The minimum atomic E-state index is 0.427. The van der Waals surface area contributed by atoms with E-state index in [9.17, 15) is 0 Å². The summed E-state index contributed by atoms with van der Waals surface area (Å²) >= 11 is 3.42. The summed E-state index contributed by atoms with van der Waals surface area (Å²) in [6, 6.07) is 3.78. The first kappa shape index (κ1) is 12.6. The van der Waals surface area contributed by atoms with Crippen molar-refractivity contribution in [3.8, 4) is 11.5 Å². The molecule has 18 heavy (non-hydrogen) atoms. The van der Waals surface area contributed by atoms with Crippen molar-refractivity contribution in [2.75, 3.05) is 19.5 Å². The van der Waals surface area contributed by atoms with Crippen molar-refractivity contribution in [2.45, 2.75) is 6.54 Å². The van der Waals surface area contributed by atoms with Gasteiger partial charge in [0.15, 0.2) is 11.5 Å². The van der Waals surface area contributed by atoms with Gasteiger partial charge in [0.05, 0.1) is 14.2 Å². The Morgan fingerprint density at radius 2 is 2.17 bits per heavy atom. The third kappa shape index (κ3) is 2.70. The summed E-state index contributed by atoms with van der Waals surface area (Å²) < 4.78 is 11.5. The molecule has 1 aromatic carbocycles. The van der Waals surface area contributed by atoms with E-state index in [1.807, 2.05) is 12.1 Å². The van der Waals surface area contributed by atoms with Crippen molar-refractivity contribution in [3.05, 3.63) is 22.2 Å². The number of halogens is 1. The number of hydrogen-bond donors (Lipinski definition) is 2. The fourth-order valence-electron chi connectivity index (χ4n) is 1.55. The van der Waals surface area contributed by atoms with E-state index in [1.165, 1.54) is 0 Å². The van der Waals surface area contributed by atoms with Gasteiger partial charge in [0.2, 0.25) is 0 Å². The average Bonchev–Trinajstić information content (AvgIpc) is 2.88. The number of methoxy groups -OCH3 is 2. The lowest BCUT2D eigenvalue weighted by Crippen LogP contribution is -2.04. The van der Waals surface area contributed by atoms with Crippen LogP contribution in [-0.4, -0.2) is 34.8 Å². The molecule has 2 rings (SSSR count). The molecule has 0 radical (unpaired) electrons. The minimum Gasteiger partial charge on any atom is -0.493 e. The molecule has 0 aliphatic heterocycles. The summed E-state index contributed by atoms with van der Waals surface area (Å²) in [5.74, 6) is 1.77. The quantitative estimate of drug-likeness (QED) is 0.872. The second-order valence-electron chi connectivity index (χ2n) is 3.39. The van der Waals surface area contributed by atoms with Crippen molar-refractivity contribution < 1.29 is 9.47 Å². The number of nitrogens with one attached hydrogen (secondary N) is 2. The first-order chi connectivity index (χ1) is 8.74. The van der Waals surface area contributed by atoms with Gasteiger partial charge in [-0.2, -0.15) is 5.21 Å². The number of H-pyrrole nitrogens is 1. The van der Waals surface area contributed by atoms with Crippen molar-refractivity contribution in [1.82, 2.24) is 20.6 Å². The molecule has 1 heterocycles. The van der Waals surface area contributed by atoms with Crippen LogP contribution in [0.4, 0.5) is 5.95 Å². The molecule has 0 amide bonds. The number of anilines is 1. The third-order valence-corrected chi connectivity index (χ3v) is 2.76. The topological polar surface area (TPSA) is 85.0 Å². The maximum atomic E-state index is 5.34. The molecule has 0 unspecified atom stereocenters. The molecular weight excluding hydrogens is 302 g/mol. The van der Waals surface area contributed by atoms with Crippen LogP contribution in [0.25, 0.3) is 0 Å². The normalized spacial score (nSPS) is 10.2. The first-order valence-corrected chi connectivity index (χ1v) is 5.91. The van der Waals surface area contributed by atoms with Gasteiger partial charge in [0.25, 0.3) is 5.95 Å². The second kappa shape index (κ2) is 5.67. The maximum Gasteiger partial charge on any atom is 0.263 e. The van der Waals surface area contributed by atoms with Crippen LogP contribution in [0.5, 0.6) is 11.5 Å². The van der Waals surface area contributed by atoms with E-state index >= 15 is 0 Å². The van der Waals surface area contributed by atoms with Crippen LogP contribution in [0.1, 0.15) is 5.56 Å². The van der Waals surface area contributed by atoms with Crippen molar-refractivity contribution in [1.29, 1.82) is 0 Å². The van der Waals surface area contributed by atoms with Gasteiger partial charge in [-0.25, -0.2) is 0 Å². The number of ether oxygens (including phenoxy) is 2. The first-order valence-electron chi connectivity index (χ1n) is 5.12. The average molecular weight is 314 g/mol.